The van der Waals surface area contributed by atoms with E-state index in [0.29, 0.717) is 6.04 Å². The number of carbonyl (C=O) groups excluding carboxylic acids is 1. The summed E-state index contributed by atoms with van der Waals surface area (Å²) in [4.78, 5) is 13.5. The molecule has 0 spiro atoms. The van der Waals surface area contributed by atoms with Crippen LogP contribution in [-0.2, 0) is 11.3 Å². The largest absolute Gasteiger partial charge is 0.294 e. The van der Waals surface area contributed by atoms with Crippen molar-refractivity contribution < 1.29 is 10.0 Å². The Bertz CT molecular complexity index is 742. The second-order valence-corrected chi connectivity index (χ2v) is 7.01. The highest BCUT2D eigenvalue weighted by molar-refractivity contribution is 9.10. The van der Waals surface area contributed by atoms with Crippen molar-refractivity contribution in [2.45, 2.75) is 25.4 Å². The number of aromatic nitrogens is 2. The van der Waals surface area contributed by atoms with Gasteiger partial charge in [0.25, 0.3) is 5.91 Å². The number of likely N-dealkylation sites (tertiary alicyclic amines) is 1. The molecule has 1 aromatic carbocycles. The zero-order valence-corrected chi connectivity index (χ0v) is 15.4. The molecule has 6 nitrogen and oxygen atoms in total. The number of rotatable bonds is 6. The minimum Gasteiger partial charge on any atom is -0.294 e. The highest BCUT2D eigenvalue weighted by Crippen LogP contribution is 2.31. The lowest BCUT2D eigenvalue weighted by atomic mass is 10.0. The molecule has 1 aliphatic heterocycles. The Hall–Kier alpha value is -1.96. The number of hydroxylamine groups is 1. The number of halogens is 1. The molecule has 7 heteroatoms. The smallest absolute Gasteiger partial charge is 0.267 e. The van der Waals surface area contributed by atoms with Crippen molar-refractivity contribution in [3.8, 4) is 0 Å². The molecule has 1 amide bonds. The van der Waals surface area contributed by atoms with Crippen LogP contribution in [0.15, 0.2) is 47.2 Å². The highest BCUT2D eigenvalue weighted by Gasteiger charge is 2.25. The van der Waals surface area contributed by atoms with Crippen molar-refractivity contribution >= 4 is 27.9 Å². The standard InChI is InChI=1S/C18H21BrN4O2/c19-16-12-20-23(13-16)11-10-22-9-1-2-17(22)15-6-3-14(4-7-15)5-8-18(24)21-25/h3-8,12-13,17,25H,1-2,9-11H2,(H,21,24)/b8-5+/t17-/m0/s1. The molecule has 2 aromatic rings. The van der Waals surface area contributed by atoms with Crippen LogP contribution in [0.2, 0.25) is 0 Å². The molecule has 132 valence electrons. The van der Waals surface area contributed by atoms with Crippen LogP contribution in [0.3, 0.4) is 0 Å². The molecule has 0 bridgehead atoms. The van der Waals surface area contributed by atoms with Gasteiger partial charge in [0, 0.05) is 24.9 Å². The molecule has 1 atom stereocenters. The third kappa shape index (κ3) is 4.78. The molecule has 1 aromatic heterocycles. The fourth-order valence-electron chi connectivity index (χ4n) is 3.20. The summed E-state index contributed by atoms with van der Waals surface area (Å²) in [6, 6.07) is 8.65. The van der Waals surface area contributed by atoms with Crippen LogP contribution < -0.4 is 5.48 Å². The summed E-state index contributed by atoms with van der Waals surface area (Å²) in [6.07, 6.45) is 9.15. The molecular weight excluding hydrogens is 384 g/mol. The summed E-state index contributed by atoms with van der Waals surface area (Å²) in [5, 5.41) is 12.8. The number of amides is 1. The Morgan fingerprint density at radius 3 is 2.84 bits per heavy atom. The molecule has 0 aliphatic carbocycles. The van der Waals surface area contributed by atoms with E-state index < -0.39 is 5.91 Å². The molecule has 2 N–H and O–H groups in total. The lowest BCUT2D eigenvalue weighted by molar-refractivity contribution is -0.124. The second kappa shape index (κ2) is 8.42. The third-order valence-corrected chi connectivity index (χ3v) is 4.85. The quantitative estimate of drug-likeness (QED) is 0.441. The molecule has 0 unspecified atom stereocenters. The van der Waals surface area contributed by atoms with E-state index in [9.17, 15) is 4.79 Å². The van der Waals surface area contributed by atoms with Crippen molar-refractivity contribution in [1.82, 2.24) is 20.2 Å². The van der Waals surface area contributed by atoms with E-state index in [-0.39, 0.29) is 0 Å². The molecule has 25 heavy (non-hydrogen) atoms. The van der Waals surface area contributed by atoms with E-state index in [1.165, 1.54) is 18.1 Å². The molecule has 2 heterocycles. The van der Waals surface area contributed by atoms with Gasteiger partial charge in [0.05, 0.1) is 17.2 Å². The third-order valence-electron chi connectivity index (χ3n) is 4.44. The van der Waals surface area contributed by atoms with Gasteiger partial charge >= 0.3 is 0 Å². The van der Waals surface area contributed by atoms with Crippen molar-refractivity contribution in [2.24, 2.45) is 0 Å². The topological polar surface area (TPSA) is 70.4 Å². The predicted molar refractivity (Wildman–Crippen MR) is 98.9 cm³/mol. The Morgan fingerprint density at radius 2 is 2.16 bits per heavy atom. The van der Waals surface area contributed by atoms with Crippen molar-refractivity contribution in [1.29, 1.82) is 0 Å². The zero-order chi connectivity index (χ0) is 17.6. The number of benzene rings is 1. The molecule has 1 fully saturated rings. The van der Waals surface area contributed by atoms with Crippen LogP contribution in [0.1, 0.15) is 30.0 Å². The minimum absolute atomic E-state index is 0.428. The van der Waals surface area contributed by atoms with E-state index in [1.807, 2.05) is 29.2 Å². The van der Waals surface area contributed by atoms with Gasteiger partial charge in [-0.3, -0.25) is 19.6 Å². The maximum Gasteiger partial charge on any atom is 0.267 e. The van der Waals surface area contributed by atoms with Crippen LogP contribution in [0, 0.1) is 0 Å². The predicted octanol–water partition coefficient (Wildman–Crippen LogP) is 3.00. The number of hydrogen-bond acceptors (Lipinski definition) is 4. The monoisotopic (exact) mass is 404 g/mol. The first kappa shape index (κ1) is 17.8. The number of nitrogens with zero attached hydrogens (tertiary/aromatic N) is 3. The van der Waals surface area contributed by atoms with Crippen molar-refractivity contribution in [3.05, 3.63) is 58.3 Å². The lowest BCUT2D eigenvalue weighted by Gasteiger charge is -2.24. The summed E-state index contributed by atoms with van der Waals surface area (Å²) in [5.74, 6) is -0.531. The first-order chi connectivity index (χ1) is 12.2. The van der Waals surface area contributed by atoms with Gasteiger partial charge in [0.15, 0.2) is 0 Å². The maximum absolute atomic E-state index is 11.0. The van der Waals surface area contributed by atoms with Crippen LogP contribution in [0.4, 0.5) is 0 Å². The average Bonchev–Trinajstić information content (AvgIpc) is 3.27. The summed E-state index contributed by atoms with van der Waals surface area (Å²) < 4.78 is 2.96. The minimum atomic E-state index is -0.531. The van der Waals surface area contributed by atoms with E-state index in [2.05, 4.69) is 38.1 Å². The van der Waals surface area contributed by atoms with Gasteiger partial charge in [0.1, 0.15) is 0 Å². The Labute approximate surface area is 155 Å². The SMILES string of the molecule is O=C(/C=C/c1ccc([C@@H]2CCCN2CCn2cc(Br)cn2)cc1)NO. The molecule has 1 saturated heterocycles. The van der Waals surface area contributed by atoms with Crippen LogP contribution in [-0.4, -0.2) is 38.9 Å². The van der Waals surface area contributed by atoms with Crippen LogP contribution in [0.5, 0.6) is 0 Å². The summed E-state index contributed by atoms with van der Waals surface area (Å²) in [7, 11) is 0. The summed E-state index contributed by atoms with van der Waals surface area (Å²) in [5.41, 5.74) is 3.81. The van der Waals surface area contributed by atoms with Gasteiger partial charge in [0.2, 0.25) is 0 Å². The van der Waals surface area contributed by atoms with Crippen LogP contribution in [0.25, 0.3) is 6.08 Å². The zero-order valence-electron chi connectivity index (χ0n) is 13.8. The van der Waals surface area contributed by atoms with Gasteiger partial charge < -0.3 is 0 Å². The lowest BCUT2D eigenvalue weighted by Crippen LogP contribution is -2.27. The molecule has 0 radical (unpaired) electrons. The van der Waals surface area contributed by atoms with E-state index in [4.69, 9.17) is 5.21 Å². The molecule has 1 aliphatic rings. The first-order valence-corrected chi connectivity index (χ1v) is 9.09. The number of carbonyl (C=O) groups is 1. The Morgan fingerprint density at radius 1 is 1.36 bits per heavy atom. The van der Waals surface area contributed by atoms with Gasteiger partial charge in [-0.25, -0.2) is 5.48 Å². The molecule has 0 saturated carbocycles. The van der Waals surface area contributed by atoms with Crippen LogP contribution >= 0.6 is 15.9 Å². The van der Waals surface area contributed by atoms with E-state index in [0.717, 1.165) is 36.1 Å². The van der Waals surface area contributed by atoms with Gasteiger partial charge in [-0.15, -0.1) is 0 Å². The van der Waals surface area contributed by atoms with Crippen molar-refractivity contribution in [2.75, 3.05) is 13.1 Å². The number of hydrogen-bond donors (Lipinski definition) is 2. The Kier molecular flexibility index (Phi) is 6.01. The number of nitrogens with one attached hydrogen (secondary N) is 1. The Balaban J connectivity index is 1.61. The van der Waals surface area contributed by atoms with Gasteiger partial charge in [-0.05, 0) is 52.5 Å². The second-order valence-electron chi connectivity index (χ2n) is 6.09. The van der Waals surface area contributed by atoms with Gasteiger partial charge in [-0.2, -0.15) is 5.10 Å². The highest BCUT2D eigenvalue weighted by atomic mass is 79.9. The summed E-state index contributed by atoms with van der Waals surface area (Å²) >= 11 is 3.43. The molecular formula is C18H21BrN4O2. The van der Waals surface area contributed by atoms with E-state index >= 15 is 0 Å². The van der Waals surface area contributed by atoms with E-state index in [1.54, 1.807) is 11.6 Å². The normalized spacial score (nSPS) is 18.1. The van der Waals surface area contributed by atoms with Crippen molar-refractivity contribution in [3.63, 3.8) is 0 Å². The van der Waals surface area contributed by atoms with Gasteiger partial charge in [-0.1, -0.05) is 24.3 Å². The average molecular weight is 405 g/mol. The maximum atomic E-state index is 11.0. The first-order valence-electron chi connectivity index (χ1n) is 8.30. The fourth-order valence-corrected chi connectivity index (χ4v) is 3.53. The molecule has 3 rings (SSSR count). The summed E-state index contributed by atoms with van der Waals surface area (Å²) in [6.45, 7) is 2.95. The fraction of sp³-hybridized carbons (Fsp3) is 0.333.